The van der Waals surface area contributed by atoms with E-state index in [1.807, 2.05) is 0 Å². The van der Waals surface area contributed by atoms with Crippen molar-refractivity contribution in [2.75, 3.05) is 19.8 Å². The highest BCUT2D eigenvalue weighted by molar-refractivity contribution is 5.89. The molecule has 0 aromatic carbocycles. The SMILES string of the molecule is CCOC(=O)c1noc(C)c1C1(C)OCC(C)(C)CO1. The molecule has 2 heterocycles. The van der Waals surface area contributed by atoms with Crippen LogP contribution in [0.2, 0.25) is 0 Å². The summed E-state index contributed by atoms with van der Waals surface area (Å²) in [5.74, 6) is -1.07. The number of ether oxygens (including phenoxy) is 3. The lowest BCUT2D eigenvalue weighted by molar-refractivity contribution is -0.298. The number of hydrogen-bond acceptors (Lipinski definition) is 6. The number of aryl methyl sites for hydroxylation is 1. The Morgan fingerprint density at radius 3 is 2.45 bits per heavy atom. The minimum Gasteiger partial charge on any atom is -0.461 e. The molecule has 0 atom stereocenters. The van der Waals surface area contributed by atoms with Crippen LogP contribution in [0.1, 0.15) is 49.5 Å². The van der Waals surface area contributed by atoms with Gasteiger partial charge in [-0.1, -0.05) is 19.0 Å². The number of nitrogens with zero attached hydrogens (tertiary/aromatic N) is 1. The minimum absolute atomic E-state index is 0.0608. The van der Waals surface area contributed by atoms with Crippen molar-refractivity contribution in [1.82, 2.24) is 5.16 Å². The van der Waals surface area contributed by atoms with Gasteiger partial charge in [-0.05, 0) is 20.8 Å². The van der Waals surface area contributed by atoms with Gasteiger partial charge in [-0.2, -0.15) is 0 Å². The number of aromatic nitrogens is 1. The molecule has 1 aliphatic heterocycles. The summed E-state index contributed by atoms with van der Waals surface area (Å²) in [5, 5.41) is 3.78. The molecule has 0 radical (unpaired) electrons. The average molecular weight is 283 g/mol. The second kappa shape index (κ2) is 5.18. The van der Waals surface area contributed by atoms with E-state index in [0.717, 1.165) is 0 Å². The Labute approximate surface area is 118 Å². The van der Waals surface area contributed by atoms with Crippen molar-refractivity contribution in [2.24, 2.45) is 5.41 Å². The third-order valence-electron chi connectivity index (χ3n) is 3.26. The van der Waals surface area contributed by atoms with Crippen LogP contribution in [0.4, 0.5) is 0 Å². The van der Waals surface area contributed by atoms with Crippen molar-refractivity contribution < 1.29 is 23.5 Å². The third kappa shape index (κ3) is 2.71. The predicted octanol–water partition coefficient (Wildman–Crippen LogP) is 2.41. The Morgan fingerprint density at radius 1 is 1.30 bits per heavy atom. The first-order chi connectivity index (χ1) is 9.29. The van der Waals surface area contributed by atoms with Crippen LogP contribution in [-0.2, 0) is 20.0 Å². The van der Waals surface area contributed by atoms with Gasteiger partial charge in [-0.25, -0.2) is 4.79 Å². The number of carbonyl (C=O) groups is 1. The van der Waals surface area contributed by atoms with Crippen LogP contribution in [0.5, 0.6) is 0 Å². The van der Waals surface area contributed by atoms with E-state index in [4.69, 9.17) is 18.7 Å². The molecule has 1 aromatic heterocycles. The Bertz CT molecular complexity index is 496. The first-order valence-electron chi connectivity index (χ1n) is 6.71. The van der Waals surface area contributed by atoms with E-state index < -0.39 is 11.8 Å². The van der Waals surface area contributed by atoms with Gasteiger partial charge in [0.2, 0.25) is 0 Å². The van der Waals surface area contributed by atoms with Crippen molar-refractivity contribution >= 4 is 5.97 Å². The van der Waals surface area contributed by atoms with E-state index in [1.165, 1.54) is 0 Å². The van der Waals surface area contributed by atoms with Gasteiger partial charge in [-0.15, -0.1) is 0 Å². The Hall–Kier alpha value is -1.40. The zero-order valence-corrected chi connectivity index (χ0v) is 12.6. The first kappa shape index (κ1) is 15.0. The molecule has 1 aliphatic rings. The second-order valence-electron chi connectivity index (χ2n) is 5.87. The van der Waals surface area contributed by atoms with Crippen LogP contribution in [-0.4, -0.2) is 30.9 Å². The predicted molar refractivity (Wildman–Crippen MR) is 70.2 cm³/mol. The van der Waals surface area contributed by atoms with Crippen LogP contribution >= 0.6 is 0 Å². The molecule has 6 heteroatoms. The van der Waals surface area contributed by atoms with Crippen molar-refractivity contribution in [1.29, 1.82) is 0 Å². The van der Waals surface area contributed by atoms with Gasteiger partial charge in [-0.3, -0.25) is 0 Å². The van der Waals surface area contributed by atoms with Crippen molar-refractivity contribution in [3.05, 3.63) is 17.0 Å². The van der Waals surface area contributed by atoms with Crippen molar-refractivity contribution in [3.8, 4) is 0 Å². The highest BCUT2D eigenvalue weighted by Gasteiger charge is 2.44. The number of esters is 1. The van der Waals surface area contributed by atoms with Crippen LogP contribution in [0, 0.1) is 12.3 Å². The summed E-state index contributed by atoms with van der Waals surface area (Å²) in [6.07, 6.45) is 0. The molecule has 112 valence electrons. The van der Waals surface area contributed by atoms with Crippen LogP contribution < -0.4 is 0 Å². The molecular weight excluding hydrogens is 262 g/mol. The molecule has 0 N–H and O–H groups in total. The zero-order valence-electron chi connectivity index (χ0n) is 12.6. The van der Waals surface area contributed by atoms with Gasteiger partial charge < -0.3 is 18.7 Å². The lowest BCUT2D eigenvalue weighted by atomic mass is 9.93. The molecule has 0 amide bonds. The summed E-state index contributed by atoms with van der Waals surface area (Å²) in [6, 6.07) is 0. The fourth-order valence-corrected chi connectivity index (χ4v) is 2.14. The van der Waals surface area contributed by atoms with E-state index in [-0.39, 0.29) is 17.7 Å². The minimum atomic E-state index is -1.04. The molecule has 0 saturated carbocycles. The highest BCUT2D eigenvalue weighted by Crippen LogP contribution is 2.39. The van der Waals surface area contributed by atoms with E-state index in [0.29, 0.717) is 24.5 Å². The topological polar surface area (TPSA) is 70.8 Å². The lowest BCUT2D eigenvalue weighted by Crippen LogP contribution is -2.44. The zero-order chi connectivity index (χ0) is 15.0. The molecule has 2 rings (SSSR count). The maximum Gasteiger partial charge on any atom is 0.361 e. The molecule has 1 aromatic rings. The van der Waals surface area contributed by atoms with Crippen molar-refractivity contribution in [2.45, 2.75) is 40.4 Å². The maximum atomic E-state index is 11.9. The van der Waals surface area contributed by atoms with Crippen LogP contribution in [0.25, 0.3) is 0 Å². The maximum absolute atomic E-state index is 11.9. The molecule has 0 spiro atoms. The number of rotatable bonds is 3. The molecule has 0 aliphatic carbocycles. The van der Waals surface area contributed by atoms with Gasteiger partial charge in [0.15, 0.2) is 11.5 Å². The molecule has 0 unspecified atom stereocenters. The van der Waals surface area contributed by atoms with E-state index in [1.54, 1.807) is 20.8 Å². The number of hydrogen-bond donors (Lipinski definition) is 0. The average Bonchev–Trinajstić information content (AvgIpc) is 2.77. The van der Waals surface area contributed by atoms with Gasteiger partial charge in [0.25, 0.3) is 0 Å². The lowest BCUT2D eigenvalue weighted by Gasteiger charge is -2.41. The normalized spacial score (nSPS) is 20.6. The summed E-state index contributed by atoms with van der Waals surface area (Å²) in [6.45, 7) is 10.7. The van der Waals surface area contributed by atoms with Gasteiger partial charge in [0.1, 0.15) is 5.76 Å². The summed E-state index contributed by atoms with van der Waals surface area (Å²) >= 11 is 0. The Morgan fingerprint density at radius 2 is 1.90 bits per heavy atom. The molecule has 1 fully saturated rings. The summed E-state index contributed by atoms with van der Waals surface area (Å²) in [5.41, 5.74) is 0.562. The number of carbonyl (C=O) groups excluding carboxylic acids is 1. The van der Waals surface area contributed by atoms with E-state index in [9.17, 15) is 4.79 Å². The summed E-state index contributed by atoms with van der Waals surface area (Å²) in [7, 11) is 0. The Kier molecular flexibility index (Phi) is 3.88. The molecule has 20 heavy (non-hydrogen) atoms. The fraction of sp³-hybridized carbons (Fsp3) is 0.714. The van der Waals surface area contributed by atoms with Crippen LogP contribution in [0.3, 0.4) is 0 Å². The molecule has 1 saturated heterocycles. The summed E-state index contributed by atoms with van der Waals surface area (Å²) in [4.78, 5) is 11.9. The fourth-order valence-electron chi connectivity index (χ4n) is 2.14. The van der Waals surface area contributed by atoms with Gasteiger partial charge in [0, 0.05) is 5.41 Å². The van der Waals surface area contributed by atoms with Gasteiger partial charge in [0.05, 0.1) is 25.4 Å². The van der Waals surface area contributed by atoms with Crippen LogP contribution in [0.15, 0.2) is 4.52 Å². The van der Waals surface area contributed by atoms with E-state index >= 15 is 0 Å². The van der Waals surface area contributed by atoms with Gasteiger partial charge >= 0.3 is 5.97 Å². The molecular formula is C14H21NO5. The summed E-state index contributed by atoms with van der Waals surface area (Å²) < 4.78 is 21.8. The largest absolute Gasteiger partial charge is 0.461 e. The smallest absolute Gasteiger partial charge is 0.361 e. The second-order valence-corrected chi connectivity index (χ2v) is 5.87. The highest BCUT2D eigenvalue weighted by atomic mass is 16.7. The molecule has 0 bridgehead atoms. The first-order valence-corrected chi connectivity index (χ1v) is 6.71. The Balaban J connectivity index is 2.33. The third-order valence-corrected chi connectivity index (χ3v) is 3.26. The monoisotopic (exact) mass is 283 g/mol. The quantitative estimate of drug-likeness (QED) is 0.793. The molecule has 6 nitrogen and oxygen atoms in total. The van der Waals surface area contributed by atoms with Crippen molar-refractivity contribution in [3.63, 3.8) is 0 Å². The standard InChI is InChI=1S/C14H21NO5/c1-6-17-12(16)11-10(9(2)20-15-11)14(5)18-7-13(3,4)8-19-14/h6-8H2,1-5H3. The van der Waals surface area contributed by atoms with E-state index in [2.05, 4.69) is 19.0 Å².